The van der Waals surface area contributed by atoms with Crippen molar-refractivity contribution in [1.82, 2.24) is 0 Å². The molecule has 3 nitrogen and oxygen atoms in total. The van der Waals surface area contributed by atoms with Crippen LogP contribution in [0.15, 0.2) is 36.4 Å². The molecular formula is C13H14O3. The summed E-state index contributed by atoms with van der Waals surface area (Å²) in [4.78, 5) is 11.4. The minimum absolute atomic E-state index is 0.0104. The Labute approximate surface area is 94.7 Å². The number of methoxy groups -OCH3 is 1. The highest BCUT2D eigenvalue weighted by molar-refractivity contribution is 5.90. The van der Waals surface area contributed by atoms with Gasteiger partial charge >= 0.3 is 5.97 Å². The van der Waals surface area contributed by atoms with Crippen LogP contribution in [-0.4, -0.2) is 13.1 Å². The summed E-state index contributed by atoms with van der Waals surface area (Å²) >= 11 is 0. The summed E-state index contributed by atoms with van der Waals surface area (Å²) in [5.41, 5.74) is 1.42. The Morgan fingerprint density at radius 1 is 1.38 bits per heavy atom. The molecule has 1 fully saturated rings. The van der Waals surface area contributed by atoms with E-state index in [1.165, 1.54) is 0 Å². The van der Waals surface area contributed by atoms with Gasteiger partial charge in [-0.1, -0.05) is 31.7 Å². The first kappa shape index (κ1) is 10.7. The normalized spacial score (nSPS) is 24.4. The van der Waals surface area contributed by atoms with Crippen molar-refractivity contribution >= 4 is 5.97 Å². The van der Waals surface area contributed by atoms with Crippen LogP contribution in [-0.2, 0) is 9.53 Å². The zero-order chi connectivity index (χ0) is 11.7. The maximum absolute atomic E-state index is 11.4. The standard InChI is InChI=1S/C13H14O3/c1-8-9(2)13(14)16-12(8)10-6-4-5-7-11(10)15-3/h4-8,12H,2H2,1,3H3/t8-,12-/m0/s1. The molecular weight excluding hydrogens is 204 g/mol. The molecule has 1 saturated heterocycles. The summed E-state index contributed by atoms with van der Waals surface area (Å²) in [5, 5.41) is 0. The molecule has 1 heterocycles. The Hall–Kier alpha value is -1.77. The number of ether oxygens (including phenoxy) is 2. The zero-order valence-corrected chi connectivity index (χ0v) is 9.40. The van der Waals surface area contributed by atoms with Crippen LogP contribution in [0.25, 0.3) is 0 Å². The minimum Gasteiger partial charge on any atom is -0.496 e. The first-order valence-electron chi connectivity index (χ1n) is 5.18. The first-order chi connectivity index (χ1) is 7.65. The van der Waals surface area contributed by atoms with Crippen molar-refractivity contribution in [2.24, 2.45) is 5.92 Å². The van der Waals surface area contributed by atoms with E-state index in [2.05, 4.69) is 6.58 Å². The lowest BCUT2D eigenvalue weighted by Gasteiger charge is -2.16. The molecule has 16 heavy (non-hydrogen) atoms. The Balaban J connectivity index is 2.38. The third-order valence-corrected chi connectivity index (χ3v) is 2.95. The van der Waals surface area contributed by atoms with Gasteiger partial charge in [-0.25, -0.2) is 4.79 Å². The highest BCUT2D eigenvalue weighted by Gasteiger charge is 2.37. The summed E-state index contributed by atoms with van der Waals surface area (Å²) in [6.07, 6.45) is -0.281. The summed E-state index contributed by atoms with van der Waals surface area (Å²) < 4.78 is 10.6. The van der Waals surface area contributed by atoms with E-state index in [4.69, 9.17) is 9.47 Å². The van der Waals surface area contributed by atoms with Crippen molar-refractivity contribution in [3.63, 3.8) is 0 Å². The van der Waals surface area contributed by atoms with E-state index in [0.717, 1.165) is 11.3 Å². The Morgan fingerprint density at radius 3 is 2.62 bits per heavy atom. The van der Waals surface area contributed by atoms with Crippen LogP contribution in [0.5, 0.6) is 5.75 Å². The van der Waals surface area contributed by atoms with Crippen LogP contribution in [0, 0.1) is 5.92 Å². The molecule has 0 radical (unpaired) electrons. The molecule has 1 aliphatic heterocycles. The van der Waals surface area contributed by atoms with E-state index < -0.39 is 0 Å². The predicted octanol–water partition coefficient (Wildman–Crippen LogP) is 2.49. The molecule has 1 aromatic carbocycles. The number of para-hydroxylation sites is 1. The van der Waals surface area contributed by atoms with E-state index in [1.807, 2.05) is 31.2 Å². The zero-order valence-electron chi connectivity index (χ0n) is 9.40. The molecule has 1 aliphatic rings. The van der Waals surface area contributed by atoms with Crippen LogP contribution in [0.4, 0.5) is 0 Å². The SMILES string of the molecule is C=C1C(=O)O[C@H](c2ccccc2OC)[C@H]1C. The van der Waals surface area contributed by atoms with Crippen molar-refractivity contribution in [1.29, 1.82) is 0 Å². The maximum atomic E-state index is 11.4. The minimum atomic E-state index is -0.316. The average molecular weight is 218 g/mol. The van der Waals surface area contributed by atoms with Gasteiger partial charge in [-0.15, -0.1) is 0 Å². The van der Waals surface area contributed by atoms with Gasteiger partial charge in [-0.2, -0.15) is 0 Å². The van der Waals surface area contributed by atoms with Crippen molar-refractivity contribution in [3.05, 3.63) is 42.0 Å². The number of carbonyl (C=O) groups excluding carboxylic acids is 1. The number of hydrogen-bond donors (Lipinski definition) is 0. The second kappa shape index (κ2) is 4.00. The highest BCUT2D eigenvalue weighted by Crippen LogP contribution is 2.41. The molecule has 0 unspecified atom stereocenters. The summed E-state index contributed by atoms with van der Waals surface area (Å²) in [6, 6.07) is 7.56. The van der Waals surface area contributed by atoms with Gasteiger partial charge in [0.05, 0.1) is 7.11 Å². The quantitative estimate of drug-likeness (QED) is 0.565. The molecule has 2 atom stereocenters. The first-order valence-corrected chi connectivity index (χ1v) is 5.18. The lowest BCUT2D eigenvalue weighted by Crippen LogP contribution is -2.06. The van der Waals surface area contributed by atoms with Crippen LogP contribution in [0.3, 0.4) is 0 Å². The molecule has 0 spiro atoms. The second-order valence-electron chi connectivity index (χ2n) is 3.88. The van der Waals surface area contributed by atoms with Gasteiger partial charge < -0.3 is 9.47 Å². The Bertz CT molecular complexity index is 437. The fraction of sp³-hybridized carbons (Fsp3) is 0.308. The molecule has 1 aromatic rings. The van der Waals surface area contributed by atoms with Crippen LogP contribution >= 0.6 is 0 Å². The van der Waals surface area contributed by atoms with E-state index in [1.54, 1.807) is 7.11 Å². The fourth-order valence-corrected chi connectivity index (χ4v) is 1.90. The Kier molecular flexibility index (Phi) is 2.69. The molecule has 0 N–H and O–H groups in total. The topological polar surface area (TPSA) is 35.5 Å². The van der Waals surface area contributed by atoms with Gasteiger partial charge in [-0.3, -0.25) is 0 Å². The summed E-state index contributed by atoms with van der Waals surface area (Å²) in [6.45, 7) is 5.67. The third-order valence-electron chi connectivity index (χ3n) is 2.95. The monoisotopic (exact) mass is 218 g/mol. The van der Waals surface area contributed by atoms with Crippen LogP contribution < -0.4 is 4.74 Å². The third kappa shape index (κ3) is 1.58. The number of benzene rings is 1. The van der Waals surface area contributed by atoms with Crippen molar-refractivity contribution in [3.8, 4) is 5.75 Å². The highest BCUT2D eigenvalue weighted by atomic mass is 16.6. The predicted molar refractivity (Wildman–Crippen MR) is 60.1 cm³/mol. The van der Waals surface area contributed by atoms with Crippen molar-refractivity contribution in [2.45, 2.75) is 13.0 Å². The van der Waals surface area contributed by atoms with Crippen LogP contribution in [0.1, 0.15) is 18.6 Å². The molecule has 3 heteroatoms. The molecule has 0 aliphatic carbocycles. The molecule has 0 amide bonds. The van der Waals surface area contributed by atoms with E-state index in [-0.39, 0.29) is 18.0 Å². The lowest BCUT2D eigenvalue weighted by molar-refractivity contribution is -0.139. The average Bonchev–Trinajstić information content (AvgIpc) is 2.57. The number of rotatable bonds is 2. The van der Waals surface area contributed by atoms with E-state index in [9.17, 15) is 4.79 Å². The lowest BCUT2D eigenvalue weighted by atomic mass is 9.94. The molecule has 2 rings (SSSR count). The smallest absolute Gasteiger partial charge is 0.334 e. The van der Waals surface area contributed by atoms with Crippen molar-refractivity contribution < 1.29 is 14.3 Å². The van der Waals surface area contributed by atoms with Gasteiger partial charge in [-0.05, 0) is 6.07 Å². The number of esters is 1. The van der Waals surface area contributed by atoms with Gasteiger partial charge in [0, 0.05) is 17.1 Å². The van der Waals surface area contributed by atoms with Gasteiger partial charge in [0.1, 0.15) is 11.9 Å². The summed E-state index contributed by atoms with van der Waals surface area (Å²) in [7, 11) is 1.61. The van der Waals surface area contributed by atoms with Gasteiger partial charge in [0.2, 0.25) is 0 Å². The molecule has 0 aromatic heterocycles. The number of cyclic esters (lactones) is 1. The number of carbonyl (C=O) groups is 1. The summed E-state index contributed by atoms with van der Waals surface area (Å²) in [5.74, 6) is 0.411. The Morgan fingerprint density at radius 2 is 2.06 bits per heavy atom. The van der Waals surface area contributed by atoms with Gasteiger partial charge in [0.15, 0.2) is 0 Å². The van der Waals surface area contributed by atoms with Crippen molar-refractivity contribution in [2.75, 3.05) is 7.11 Å². The molecule has 0 saturated carbocycles. The van der Waals surface area contributed by atoms with E-state index >= 15 is 0 Å². The number of hydrogen-bond acceptors (Lipinski definition) is 3. The second-order valence-corrected chi connectivity index (χ2v) is 3.88. The van der Waals surface area contributed by atoms with Gasteiger partial charge in [0.25, 0.3) is 0 Å². The molecule has 0 bridgehead atoms. The largest absolute Gasteiger partial charge is 0.496 e. The van der Waals surface area contributed by atoms with Crippen LogP contribution in [0.2, 0.25) is 0 Å². The van der Waals surface area contributed by atoms with E-state index in [0.29, 0.717) is 5.57 Å². The fourth-order valence-electron chi connectivity index (χ4n) is 1.90. The maximum Gasteiger partial charge on any atom is 0.334 e. The molecule has 84 valence electrons.